The van der Waals surface area contributed by atoms with Crippen LogP contribution in [0.4, 0.5) is 0 Å². The van der Waals surface area contributed by atoms with Gasteiger partial charge in [-0.1, -0.05) is 6.92 Å². The summed E-state index contributed by atoms with van der Waals surface area (Å²) >= 11 is 0. The largest absolute Gasteiger partial charge is 0.373 e. The molecule has 2 aliphatic heterocycles. The van der Waals surface area contributed by atoms with E-state index in [9.17, 15) is 8.42 Å². The molecule has 2 N–H and O–H groups in total. The van der Waals surface area contributed by atoms with Crippen LogP contribution in [0.25, 0.3) is 0 Å². The number of halogens is 1. The summed E-state index contributed by atoms with van der Waals surface area (Å²) in [5.74, 6) is 0.218. The highest BCUT2D eigenvalue weighted by molar-refractivity contribution is 7.86. The zero-order valence-electron chi connectivity index (χ0n) is 11.7. The monoisotopic (exact) mass is 313 g/mol. The van der Waals surface area contributed by atoms with Crippen LogP contribution in [0.15, 0.2) is 0 Å². The molecule has 114 valence electrons. The highest BCUT2D eigenvalue weighted by atomic mass is 35.5. The van der Waals surface area contributed by atoms with Crippen molar-refractivity contribution in [2.45, 2.75) is 39.0 Å². The maximum absolute atomic E-state index is 12.5. The van der Waals surface area contributed by atoms with E-state index in [1.165, 1.54) is 8.61 Å². The van der Waals surface area contributed by atoms with Crippen LogP contribution in [0.1, 0.15) is 20.8 Å². The molecule has 0 aromatic heterocycles. The molecule has 0 aromatic rings. The first-order valence-corrected chi connectivity index (χ1v) is 7.86. The van der Waals surface area contributed by atoms with Crippen LogP contribution >= 0.6 is 12.4 Å². The lowest BCUT2D eigenvalue weighted by Crippen LogP contribution is -2.52. The summed E-state index contributed by atoms with van der Waals surface area (Å²) in [4.78, 5) is 0. The van der Waals surface area contributed by atoms with Gasteiger partial charge in [0.05, 0.1) is 12.2 Å². The third-order valence-electron chi connectivity index (χ3n) is 3.68. The van der Waals surface area contributed by atoms with Crippen molar-refractivity contribution >= 4 is 22.6 Å². The van der Waals surface area contributed by atoms with Gasteiger partial charge in [-0.3, -0.25) is 0 Å². The number of ether oxygens (including phenoxy) is 1. The highest BCUT2D eigenvalue weighted by Crippen LogP contribution is 2.23. The predicted octanol–water partition coefficient (Wildman–Crippen LogP) is 0.0412. The van der Waals surface area contributed by atoms with Crippen molar-refractivity contribution in [2.24, 2.45) is 11.7 Å². The summed E-state index contributed by atoms with van der Waals surface area (Å²) < 4.78 is 33.6. The molecule has 0 aromatic carbocycles. The summed E-state index contributed by atoms with van der Waals surface area (Å²) in [7, 11) is -3.39. The zero-order chi connectivity index (χ0) is 13.5. The Morgan fingerprint density at radius 3 is 1.89 bits per heavy atom. The molecule has 2 rings (SSSR count). The van der Waals surface area contributed by atoms with E-state index < -0.39 is 10.2 Å². The van der Waals surface area contributed by atoms with E-state index in [4.69, 9.17) is 10.5 Å². The number of hydrogen-bond donors (Lipinski definition) is 1. The van der Waals surface area contributed by atoms with Crippen LogP contribution in [0.5, 0.6) is 0 Å². The standard InChI is InChI=1S/C11H23N3O3S.ClH/c1-8-4-13(7-11(8)12)18(15,16)14-5-9(2)17-10(3)6-14;/h8-11H,4-7,12H2,1-3H3;1H. The maximum Gasteiger partial charge on any atom is 0.282 e. The number of morpholine rings is 1. The van der Waals surface area contributed by atoms with Crippen molar-refractivity contribution in [1.82, 2.24) is 8.61 Å². The molecule has 0 aliphatic carbocycles. The molecular formula is C11H24ClN3O3S. The zero-order valence-corrected chi connectivity index (χ0v) is 13.3. The minimum Gasteiger partial charge on any atom is -0.373 e. The Morgan fingerprint density at radius 1 is 1.00 bits per heavy atom. The van der Waals surface area contributed by atoms with Gasteiger partial charge in [0.1, 0.15) is 0 Å². The molecule has 19 heavy (non-hydrogen) atoms. The van der Waals surface area contributed by atoms with Crippen LogP contribution in [0.2, 0.25) is 0 Å². The molecule has 2 fully saturated rings. The Balaban J connectivity index is 0.00000180. The van der Waals surface area contributed by atoms with Crippen molar-refractivity contribution in [2.75, 3.05) is 26.2 Å². The molecule has 6 nitrogen and oxygen atoms in total. The van der Waals surface area contributed by atoms with Crippen LogP contribution < -0.4 is 5.73 Å². The Bertz CT molecular complexity index is 386. The lowest BCUT2D eigenvalue weighted by molar-refractivity contribution is -0.0453. The number of nitrogens with zero attached hydrogens (tertiary/aromatic N) is 2. The van der Waals surface area contributed by atoms with Gasteiger partial charge in [-0.25, -0.2) is 0 Å². The first-order valence-electron chi connectivity index (χ1n) is 6.47. The third-order valence-corrected chi connectivity index (χ3v) is 5.58. The molecule has 0 saturated carbocycles. The molecule has 8 heteroatoms. The highest BCUT2D eigenvalue weighted by Gasteiger charge is 2.40. The second-order valence-corrected chi connectivity index (χ2v) is 7.47. The Hall–Kier alpha value is 0.0800. The maximum atomic E-state index is 12.5. The Kier molecular flexibility index (Phi) is 5.62. The summed E-state index contributed by atoms with van der Waals surface area (Å²) in [6, 6.07) is -0.0596. The van der Waals surface area contributed by atoms with Crippen LogP contribution in [-0.4, -0.2) is 61.5 Å². The fourth-order valence-corrected chi connectivity index (χ4v) is 4.52. The molecular weight excluding hydrogens is 290 g/mol. The van der Waals surface area contributed by atoms with E-state index >= 15 is 0 Å². The summed E-state index contributed by atoms with van der Waals surface area (Å²) in [5, 5.41) is 0. The average molecular weight is 314 g/mol. The van der Waals surface area contributed by atoms with Crippen molar-refractivity contribution in [3.8, 4) is 0 Å². The van der Waals surface area contributed by atoms with Crippen LogP contribution in [0.3, 0.4) is 0 Å². The van der Waals surface area contributed by atoms with Gasteiger partial charge < -0.3 is 10.5 Å². The predicted molar refractivity (Wildman–Crippen MR) is 76.5 cm³/mol. The van der Waals surface area contributed by atoms with Crippen molar-refractivity contribution in [3.63, 3.8) is 0 Å². The second-order valence-electron chi connectivity index (χ2n) is 5.54. The summed E-state index contributed by atoms with van der Waals surface area (Å²) in [6.07, 6.45) is -0.116. The molecule has 0 amide bonds. The van der Waals surface area contributed by atoms with Crippen molar-refractivity contribution in [3.05, 3.63) is 0 Å². The normalized spacial score (nSPS) is 38.1. The van der Waals surface area contributed by atoms with Gasteiger partial charge in [0.15, 0.2) is 0 Å². The SMILES string of the molecule is CC1CN(S(=O)(=O)N2CC(C)C(N)C2)CC(C)O1.Cl. The Morgan fingerprint density at radius 2 is 1.47 bits per heavy atom. The van der Waals surface area contributed by atoms with E-state index in [1.807, 2.05) is 20.8 Å². The topological polar surface area (TPSA) is 75.9 Å². The summed E-state index contributed by atoms with van der Waals surface area (Å²) in [5.41, 5.74) is 5.90. The molecule has 0 radical (unpaired) electrons. The van der Waals surface area contributed by atoms with E-state index in [0.717, 1.165) is 0 Å². The van der Waals surface area contributed by atoms with E-state index in [2.05, 4.69) is 0 Å². The quantitative estimate of drug-likeness (QED) is 0.781. The van der Waals surface area contributed by atoms with Gasteiger partial charge in [0.25, 0.3) is 10.2 Å². The fraction of sp³-hybridized carbons (Fsp3) is 1.00. The van der Waals surface area contributed by atoms with E-state index in [0.29, 0.717) is 26.2 Å². The van der Waals surface area contributed by atoms with Gasteiger partial charge in [-0.15, -0.1) is 12.4 Å². The van der Waals surface area contributed by atoms with E-state index in [1.54, 1.807) is 0 Å². The number of nitrogens with two attached hydrogens (primary N) is 1. The first-order chi connectivity index (χ1) is 8.30. The van der Waals surface area contributed by atoms with Crippen molar-refractivity contribution in [1.29, 1.82) is 0 Å². The van der Waals surface area contributed by atoms with Gasteiger partial charge in [-0.05, 0) is 19.8 Å². The summed E-state index contributed by atoms with van der Waals surface area (Å²) in [6.45, 7) is 7.57. The molecule has 0 spiro atoms. The van der Waals surface area contributed by atoms with E-state index in [-0.39, 0.29) is 36.6 Å². The van der Waals surface area contributed by atoms with Gasteiger partial charge in [0.2, 0.25) is 0 Å². The number of hydrogen-bond acceptors (Lipinski definition) is 4. The van der Waals surface area contributed by atoms with Gasteiger partial charge in [-0.2, -0.15) is 17.0 Å². The number of rotatable bonds is 2. The van der Waals surface area contributed by atoms with Crippen molar-refractivity contribution < 1.29 is 13.2 Å². The molecule has 2 saturated heterocycles. The minimum absolute atomic E-state index is 0. The molecule has 4 unspecified atom stereocenters. The minimum atomic E-state index is -3.39. The van der Waals surface area contributed by atoms with Gasteiger partial charge >= 0.3 is 0 Å². The molecule has 4 atom stereocenters. The molecule has 2 heterocycles. The molecule has 2 aliphatic rings. The lowest BCUT2D eigenvalue weighted by atomic mass is 10.1. The second kappa shape index (κ2) is 6.24. The third kappa shape index (κ3) is 3.59. The lowest BCUT2D eigenvalue weighted by Gasteiger charge is -2.36. The van der Waals surface area contributed by atoms with Gasteiger partial charge in [0, 0.05) is 32.2 Å². The Labute approximate surface area is 121 Å². The average Bonchev–Trinajstić information content (AvgIpc) is 2.58. The van der Waals surface area contributed by atoms with Crippen LogP contribution in [-0.2, 0) is 14.9 Å². The van der Waals surface area contributed by atoms with Crippen LogP contribution in [0, 0.1) is 5.92 Å². The first kappa shape index (κ1) is 17.1. The smallest absolute Gasteiger partial charge is 0.282 e. The fourth-order valence-electron chi connectivity index (χ4n) is 2.62. The molecule has 0 bridgehead atoms.